The summed E-state index contributed by atoms with van der Waals surface area (Å²) in [4.78, 5) is 0. The summed E-state index contributed by atoms with van der Waals surface area (Å²) in [5.74, 6) is 11.9. The van der Waals surface area contributed by atoms with Crippen molar-refractivity contribution < 1.29 is 4.39 Å². The van der Waals surface area contributed by atoms with Gasteiger partial charge in [-0.1, -0.05) is 35.8 Å². The number of rotatable bonds is 0. The molecule has 1 heteroatoms. The molecule has 126 valence electrons. The molecule has 0 radical (unpaired) electrons. The van der Waals surface area contributed by atoms with Crippen molar-refractivity contribution in [1.82, 2.24) is 0 Å². The molecule has 0 atom stereocenters. The zero-order valence-corrected chi connectivity index (χ0v) is 15.2. The van der Waals surface area contributed by atoms with E-state index < -0.39 is 0 Å². The van der Waals surface area contributed by atoms with Gasteiger partial charge in [-0.25, -0.2) is 4.39 Å². The lowest BCUT2D eigenvalue weighted by Gasteiger charge is -1.99. The molecular formula is C25H19F. The van der Waals surface area contributed by atoms with Gasteiger partial charge in [0.05, 0.1) is 5.56 Å². The van der Waals surface area contributed by atoms with Gasteiger partial charge in [0.1, 0.15) is 5.82 Å². The van der Waals surface area contributed by atoms with E-state index in [0.29, 0.717) is 5.56 Å². The van der Waals surface area contributed by atoms with Gasteiger partial charge >= 0.3 is 0 Å². The number of hydrogen-bond acceptors (Lipinski definition) is 0. The molecule has 26 heavy (non-hydrogen) atoms. The van der Waals surface area contributed by atoms with Crippen molar-refractivity contribution in [3.8, 4) is 23.7 Å². The van der Waals surface area contributed by atoms with Crippen molar-refractivity contribution in [1.29, 1.82) is 0 Å². The monoisotopic (exact) mass is 338 g/mol. The van der Waals surface area contributed by atoms with Crippen molar-refractivity contribution >= 4 is 0 Å². The number of halogens is 1. The van der Waals surface area contributed by atoms with Crippen LogP contribution in [-0.4, -0.2) is 0 Å². The van der Waals surface area contributed by atoms with E-state index in [1.165, 1.54) is 17.2 Å². The first-order valence-electron chi connectivity index (χ1n) is 8.49. The van der Waals surface area contributed by atoms with Crippen LogP contribution in [0.15, 0.2) is 60.7 Å². The number of aryl methyl sites for hydroxylation is 3. The molecule has 3 aromatic carbocycles. The lowest BCUT2D eigenvalue weighted by molar-refractivity contribution is 0.623. The van der Waals surface area contributed by atoms with E-state index in [1.807, 2.05) is 43.3 Å². The predicted molar refractivity (Wildman–Crippen MR) is 105 cm³/mol. The van der Waals surface area contributed by atoms with Crippen LogP contribution in [0.3, 0.4) is 0 Å². The summed E-state index contributed by atoms with van der Waals surface area (Å²) in [6.07, 6.45) is 0. The van der Waals surface area contributed by atoms with E-state index in [4.69, 9.17) is 0 Å². The fourth-order valence-electron chi connectivity index (χ4n) is 2.46. The molecule has 0 nitrogen and oxygen atoms in total. The topological polar surface area (TPSA) is 0 Å². The Morgan fingerprint density at radius 2 is 1.15 bits per heavy atom. The largest absolute Gasteiger partial charge is 0.206 e. The van der Waals surface area contributed by atoms with Crippen LogP contribution in [0.25, 0.3) is 0 Å². The van der Waals surface area contributed by atoms with Gasteiger partial charge < -0.3 is 0 Å². The maximum absolute atomic E-state index is 13.8. The van der Waals surface area contributed by atoms with Crippen LogP contribution in [0, 0.1) is 50.3 Å². The molecule has 0 saturated carbocycles. The fraction of sp³-hybridized carbons (Fsp3) is 0.120. The minimum Gasteiger partial charge on any atom is -0.206 e. The molecule has 3 aromatic rings. The highest BCUT2D eigenvalue weighted by Gasteiger charge is 1.98. The summed E-state index contributed by atoms with van der Waals surface area (Å²) < 4.78 is 13.8. The van der Waals surface area contributed by atoms with Gasteiger partial charge in [0.2, 0.25) is 0 Å². The molecule has 0 bridgehead atoms. The molecule has 0 N–H and O–H groups in total. The average molecular weight is 338 g/mol. The zero-order chi connectivity index (χ0) is 18.5. The zero-order valence-electron chi connectivity index (χ0n) is 15.2. The summed E-state index contributed by atoms with van der Waals surface area (Å²) >= 11 is 0. The Morgan fingerprint density at radius 3 is 1.77 bits per heavy atom. The van der Waals surface area contributed by atoms with Crippen LogP contribution in [0.5, 0.6) is 0 Å². The smallest absolute Gasteiger partial charge is 0.139 e. The summed E-state index contributed by atoms with van der Waals surface area (Å²) in [6, 6.07) is 19.0. The number of hydrogen-bond donors (Lipinski definition) is 0. The lowest BCUT2D eigenvalue weighted by Crippen LogP contribution is -1.85. The van der Waals surface area contributed by atoms with Gasteiger partial charge in [0.15, 0.2) is 0 Å². The molecule has 0 fully saturated rings. The molecule has 0 saturated heterocycles. The number of benzene rings is 3. The van der Waals surface area contributed by atoms with Crippen LogP contribution in [0.2, 0.25) is 0 Å². The molecular weight excluding hydrogens is 319 g/mol. The van der Waals surface area contributed by atoms with E-state index in [2.05, 4.69) is 49.7 Å². The first-order valence-corrected chi connectivity index (χ1v) is 8.49. The maximum Gasteiger partial charge on any atom is 0.139 e. The van der Waals surface area contributed by atoms with Gasteiger partial charge in [-0.05, 0) is 86.0 Å². The van der Waals surface area contributed by atoms with E-state index in [-0.39, 0.29) is 5.82 Å². The summed E-state index contributed by atoms with van der Waals surface area (Å²) in [7, 11) is 0. The van der Waals surface area contributed by atoms with Crippen molar-refractivity contribution in [3.05, 3.63) is 105 Å². The summed E-state index contributed by atoms with van der Waals surface area (Å²) in [6.45, 7) is 6.04. The minimum absolute atomic E-state index is 0.284. The maximum atomic E-state index is 13.8. The first kappa shape index (κ1) is 17.5. The normalized spacial score (nSPS) is 9.69. The highest BCUT2D eigenvalue weighted by molar-refractivity contribution is 5.49. The Morgan fingerprint density at radius 1 is 0.577 bits per heavy atom. The molecule has 0 aliphatic carbocycles. The fourth-order valence-corrected chi connectivity index (χ4v) is 2.46. The van der Waals surface area contributed by atoms with E-state index in [9.17, 15) is 4.39 Å². The van der Waals surface area contributed by atoms with Crippen LogP contribution in [0.4, 0.5) is 4.39 Å². The van der Waals surface area contributed by atoms with E-state index in [1.54, 1.807) is 6.07 Å². The summed E-state index contributed by atoms with van der Waals surface area (Å²) in [5, 5.41) is 0. The second kappa shape index (κ2) is 7.73. The van der Waals surface area contributed by atoms with Gasteiger partial charge in [-0.15, -0.1) is 0 Å². The highest BCUT2D eigenvalue weighted by atomic mass is 19.1. The van der Waals surface area contributed by atoms with Gasteiger partial charge in [0, 0.05) is 16.7 Å². The molecule has 3 rings (SSSR count). The van der Waals surface area contributed by atoms with Crippen molar-refractivity contribution in [2.45, 2.75) is 20.8 Å². The second-order valence-electron chi connectivity index (χ2n) is 6.36. The Labute approximate surface area is 154 Å². The highest BCUT2D eigenvalue weighted by Crippen LogP contribution is 2.10. The second-order valence-corrected chi connectivity index (χ2v) is 6.36. The molecule has 0 aromatic heterocycles. The van der Waals surface area contributed by atoms with E-state index in [0.717, 1.165) is 22.3 Å². The predicted octanol–water partition coefficient (Wildman–Crippen LogP) is 5.55. The molecule has 0 spiro atoms. The van der Waals surface area contributed by atoms with Gasteiger partial charge in [-0.3, -0.25) is 0 Å². The van der Waals surface area contributed by atoms with Gasteiger partial charge in [0.25, 0.3) is 0 Å². The van der Waals surface area contributed by atoms with Crippen LogP contribution in [0.1, 0.15) is 38.9 Å². The Bertz CT molecular complexity index is 1070. The quantitative estimate of drug-likeness (QED) is 0.471. The Hall–Kier alpha value is -3.29. The Balaban J connectivity index is 1.76. The standard InChI is InChI=1S/C25H19F/c1-18-4-14-24(25(26)16-18)15-13-22-9-7-21(8-10-22)11-12-23-6-5-19(2)20(3)17-23/h4-10,14,16-17H,1-3H3. The third-order valence-corrected chi connectivity index (χ3v) is 4.21. The lowest BCUT2D eigenvalue weighted by atomic mass is 10.1. The first-order chi connectivity index (χ1) is 12.5. The van der Waals surface area contributed by atoms with Crippen LogP contribution >= 0.6 is 0 Å². The average Bonchev–Trinajstić information content (AvgIpc) is 2.63. The summed E-state index contributed by atoms with van der Waals surface area (Å²) in [5.41, 5.74) is 6.58. The SMILES string of the molecule is Cc1ccc(C#Cc2ccc(C#Cc3ccc(C)c(C)c3)cc2)c(F)c1. The third kappa shape index (κ3) is 4.41. The van der Waals surface area contributed by atoms with Gasteiger partial charge in [-0.2, -0.15) is 0 Å². The van der Waals surface area contributed by atoms with Crippen molar-refractivity contribution in [3.63, 3.8) is 0 Å². The minimum atomic E-state index is -0.284. The third-order valence-electron chi connectivity index (χ3n) is 4.21. The molecule has 0 amide bonds. The molecule has 0 unspecified atom stereocenters. The molecule has 0 aliphatic rings. The Kier molecular flexibility index (Phi) is 5.21. The molecule has 0 aliphatic heterocycles. The van der Waals surface area contributed by atoms with Crippen LogP contribution < -0.4 is 0 Å². The van der Waals surface area contributed by atoms with Crippen molar-refractivity contribution in [2.24, 2.45) is 0 Å². The van der Waals surface area contributed by atoms with Crippen LogP contribution in [-0.2, 0) is 0 Å². The molecule has 0 heterocycles. The van der Waals surface area contributed by atoms with E-state index >= 15 is 0 Å². The van der Waals surface area contributed by atoms with Crippen molar-refractivity contribution in [2.75, 3.05) is 0 Å².